The van der Waals surface area contributed by atoms with Crippen LogP contribution < -0.4 is 5.32 Å². The molecular formula is C14H15F3N2O. The van der Waals surface area contributed by atoms with E-state index in [0.29, 0.717) is 18.7 Å². The number of rotatable bonds is 5. The number of halogens is 3. The molecule has 0 bridgehead atoms. The van der Waals surface area contributed by atoms with E-state index in [-0.39, 0.29) is 17.6 Å². The van der Waals surface area contributed by atoms with Gasteiger partial charge >= 0.3 is 6.18 Å². The topological polar surface area (TPSA) is 56.0 Å². The van der Waals surface area contributed by atoms with Gasteiger partial charge in [0.05, 0.1) is 17.2 Å². The van der Waals surface area contributed by atoms with Gasteiger partial charge in [-0.3, -0.25) is 0 Å². The second kappa shape index (κ2) is 5.33. The number of nitriles is 1. The minimum atomic E-state index is -4.54. The van der Waals surface area contributed by atoms with Crippen molar-refractivity contribution in [1.29, 1.82) is 5.26 Å². The number of aliphatic hydroxyl groups is 1. The highest BCUT2D eigenvalue weighted by Crippen LogP contribution is 2.48. The van der Waals surface area contributed by atoms with Crippen LogP contribution in [0.25, 0.3) is 0 Å². The number of nitrogens with one attached hydrogen (secondary N) is 1. The number of aliphatic hydroxyl groups excluding tert-OH is 1. The van der Waals surface area contributed by atoms with Gasteiger partial charge in [0.1, 0.15) is 0 Å². The predicted molar refractivity (Wildman–Crippen MR) is 68.0 cm³/mol. The lowest BCUT2D eigenvalue weighted by molar-refractivity contribution is -0.137. The van der Waals surface area contributed by atoms with Crippen LogP contribution in [0.15, 0.2) is 18.2 Å². The number of alkyl halides is 3. The van der Waals surface area contributed by atoms with E-state index in [4.69, 9.17) is 10.4 Å². The fourth-order valence-corrected chi connectivity index (χ4v) is 2.20. The Labute approximate surface area is 115 Å². The molecule has 2 rings (SSSR count). The van der Waals surface area contributed by atoms with Gasteiger partial charge < -0.3 is 10.4 Å². The van der Waals surface area contributed by atoms with Gasteiger partial charge in [0.2, 0.25) is 0 Å². The van der Waals surface area contributed by atoms with Crippen molar-refractivity contribution < 1.29 is 18.3 Å². The largest absolute Gasteiger partial charge is 0.417 e. The van der Waals surface area contributed by atoms with Crippen LogP contribution >= 0.6 is 0 Å². The summed E-state index contributed by atoms with van der Waals surface area (Å²) in [5.74, 6) is 0. The molecule has 2 N–H and O–H groups in total. The van der Waals surface area contributed by atoms with E-state index in [1.807, 2.05) is 0 Å². The summed E-state index contributed by atoms with van der Waals surface area (Å²) in [5, 5.41) is 20.6. The summed E-state index contributed by atoms with van der Waals surface area (Å²) in [6, 6.07) is 5.17. The Hall–Kier alpha value is -1.74. The molecule has 0 heterocycles. The molecule has 3 nitrogen and oxygen atoms in total. The van der Waals surface area contributed by atoms with Crippen LogP contribution in [0, 0.1) is 16.7 Å². The van der Waals surface area contributed by atoms with Gasteiger partial charge in [-0.2, -0.15) is 18.4 Å². The number of benzene rings is 1. The average molecular weight is 284 g/mol. The Balaban J connectivity index is 2.12. The van der Waals surface area contributed by atoms with Crippen LogP contribution in [0.2, 0.25) is 0 Å². The average Bonchev–Trinajstić information content (AvgIpc) is 3.16. The van der Waals surface area contributed by atoms with Gasteiger partial charge in [-0.25, -0.2) is 0 Å². The van der Waals surface area contributed by atoms with E-state index >= 15 is 0 Å². The summed E-state index contributed by atoms with van der Waals surface area (Å²) >= 11 is 0. The molecule has 0 unspecified atom stereocenters. The molecule has 1 aliphatic rings. The quantitative estimate of drug-likeness (QED) is 0.873. The maximum absolute atomic E-state index is 12.8. The van der Waals surface area contributed by atoms with Crippen molar-refractivity contribution in [3.63, 3.8) is 0 Å². The summed E-state index contributed by atoms with van der Waals surface area (Å²) in [6.07, 6.45) is -1.93. The Morgan fingerprint density at radius 3 is 2.55 bits per heavy atom. The number of anilines is 1. The third-order valence-electron chi connectivity index (χ3n) is 3.71. The van der Waals surface area contributed by atoms with E-state index in [2.05, 4.69) is 5.32 Å². The number of nitrogens with zero attached hydrogens (tertiary/aromatic N) is 1. The van der Waals surface area contributed by atoms with Crippen LogP contribution in [-0.2, 0) is 6.18 Å². The van der Waals surface area contributed by atoms with Gasteiger partial charge in [-0.15, -0.1) is 0 Å². The first kappa shape index (κ1) is 14.7. The number of hydrogen-bond acceptors (Lipinski definition) is 3. The summed E-state index contributed by atoms with van der Waals surface area (Å²) in [5.41, 5.74) is -0.932. The predicted octanol–water partition coefficient (Wildman–Crippen LogP) is 3.15. The maximum atomic E-state index is 12.8. The Bertz CT molecular complexity index is 530. The molecule has 20 heavy (non-hydrogen) atoms. The molecule has 0 aromatic heterocycles. The smallest absolute Gasteiger partial charge is 0.396 e. The van der Waals surface area contributed by atoms with Crippen LogP contribution in [-0.4, -0.2) is 18.3 Å². The summed E-state index contributed by atoms with van der Waals surface area (Å²) in [7, 11) is 0. The standard InChI is InChI=1S/C14H15F3N2O/c15-14(16,17)12-7-11(2-1-10(12)8-18)19-9-13(3-4-13)5-6-20/h1-2,7,19-20H,3-6,9H2. The molecular weight excluding hydrogens is 269 g/mol. The van der Waals surface area contributed by atoms with E-state index < -0.39 is 11.7 Å². The lowest BCUT2D eigenvalue weighted by atomic mass is 10.0. The second-order valence-corrected chi connectivity index (χ2v) is 5.20. The van der Waals surface area contributed by atoms with Crippen molar-refractivity contribution >= 4 is 5.69 Å². The molecule has 1 saturated carbocycles. The van der Waals surface area contributed by atoms with E-state index in [1.54, 1.807) is 6.07 Å². The molecule has 0 radical (unpaired) electrons. The minimum absolute atomic E-state index is 0.0149. The zero-order valence-corrected chi connectivity index (χ0v) is 10.8. The first-order chi connectivity index (χ1) is 9.40. The molecule has 0 spiro atoms. The third kappa shape index (κ3) is 3.23. The highest BCUT2D eigenvalue weighted by molar-refractivity contribution is 5.53. The van der Waals surface area contributed by atoms with Gasteiger partial charge in [-0.05, 0) is 42.9 Å². The lowest BCUT2D eigenvalue weighted by Crippen LogP contribution is -2.17. The van der Waals surface area contributed by atoms with Gasteiger partial charge in [-0.1, -0.05) is 0 Å². The number of hydrogen-bond donors (Lipinski definition) is 2. The molecule has 0 aliphatic heterocycles. The Kier molecular flexibility index (Phi) is 3.91. The van der Waals surface area contributed by atoms with E-state index in [9.17, 15) is 13.2 Å². The monoisotopic (exact) mass is 284 g/mol. The van der Waals surface area contributed by atoms with Crippen LogP contribution in [0.3, 0.4) is 0 Å². The lowest BCUT2D eigenvalue weighted by Gasteiger charge is -2.17. The molecule has 1 aromatic carbocycles. The second-order valence-electron chi connectivity index (χ2n) is 5.20. The molecule has 108 valence electrons. The van der Waals surface area contributed by atoms with E-state index in [0.717, 1.165) is 18.9 Å². The van der Waals surface area contributed by atoms with Crippen molar-refractivity contribution in [2.24, 2.45) is 5.41 Å². The summed E-state index contributed by atoms with van der Waals surface area (Å²) < 4.78 is 38.4. The third-order valence-corrected chi connectivity index (χ3v) is 3.71. The first-order valence-corrected chi connectivity index (χ1v) is 6.36. The zero-order chi connectivity index (χ0) is 14.8. The van der Waals surface area contributed by atoms with Crippen molar-refractivity contribution in [3.05, 3.63) is 29.3 Å². The molecule has 0 saturated heterocycles. The molecule has 1 aromatic rings. The summed E-state index contributed by atoms with van der Waals surface area (Å²) in [4.78, 5) is 0. The van der Waals surface area contributed by atoms with Crippen LogP contribution in [0.4, 0.5) is 18.9 Å². The van der Waals surface area contributed by atoms with Crippen molar-refractivity contribution in [2.45, 2.75) is 25.4 Å². The molecule has 6 heteroatoms. The fraction of sp³-hybridized carbons (Fsp3) is 0.500. The highest BCUT2D eigenvalue weighted by atomic mass is 19.4. The molecule has 0 atom stereocenters. The normalized spacial score (nSPS) is 16.6. The van der Waals surface area contributed by atoms with Crippen molar-refractivity contribution in [1.82, 2.24) is 0 Å². The minimum Gasteiger partial charge on any atom is -0.396 e. The molecule has 1 aliphatic carbocycles. The fourth-order valence-electron chi connectivity index (χ4n) is 2.20. The maximum Gasteiger partial charge on any atom is 0.417 e. The highest BCUT2D eigenvalue weighted by Gasteiger charge is 2.41. The van der Waals surface area contributed by atoms with Gasteiger partial charge in [0.15, 0.2) is 0 Å². The first-order valence-electron chi connectivity index (χ1n) is 6.36. The van der Waals surface area contributed by atoms with Gasteiger partial charge in [0.25, 0.3) is 0 Å². The van der Waals surface area contributed by atoms with Crippen molar-refractivity contribution in [3.8, 4) is 6.07 Å². The van der Waals surface area contributed by atoms with Crippen LogP contribution in [0.5, 0.6) is 0 Å². The Morgan fingerprint density at radius 1 is 1.35 bits per heavy atom. The van der Waals surface area contributed by atoms with Gasteiger partial charge in [0, 0.05) is 18.8 Å². The van der Waals surface area contributed by atoms with Crippen molar-refractivity contribution in [2.75, 3.05) is 18.5 Å². The molecule has 0 amide bonds. The van der Waals surface area contributed by atoms with Crippen LogP contribution in [0.1, 0.15) is 30.4 Å². The summed E-state index contributed by atoms with van der Waals surface area (Å²) in [6.45, 7) is 0.625. The zero-order valence-electron chi connectivity index (χ0n) is 10.8. The van der Waals surface area contributed by atoms with E-state index in [1.165, 1.54) is 12.1 Å². The SMILES string of the molecule is N#Cc1ccc(NCC2(CCO)CC2)cc1C(F)(F)F. The Morgan fingerprint density at radius 2 is 2.05 bits per heavy atom. The molecule has 1 fully saturated rings.